The Hall–Kier alpha value is -2.88. The Morgan fingerprint density at radius 1 is 0.778 bits per heavy atom. The number of Topliss-reactive ketones (excluding diaryl/α,β-unsaturated/α-hetero) is 2. The third-order valence-corrected chi connectivity index (χ3v) is 3.97. The SMILES string of the molecule is CC(=O)CC(=NCC(C)N=C(CC(C)=O)c1ccccc1)c1ccccc1. The van der Waals surface area contributed by atoms with E-state index in [1.165, 1.54) is 0 Å². The molecule has 0 saturated heterocycles. The zero-order chi connectivity index (χ0) is 19.6. The van der Waals surface area contributed by atoms with Gasteiger partial charge in [0.05, 0.1) is 12.6 Å². The normalized spacial score (nSPS) is 13.3. The largest absolute Gasteiger partial charge is 0.300 e. The maximum atomic E-state index is 11.6. The summed E-state index contributed by atoms with van der Waals surface area (Å²) in [7, 11) is 0. The monoisotopic (exact) mass is 362 g/mol. The van der Waals surface area contributed by atoms with Crippen LogP contribution < -0.4 is 0 Å². The van der Waals surface area contributed by atoms with Crippen LogP contribution in [0.2, 0.25) is 0 Å². The summed E-state index contributed by atoms with van der Waals surface area (Å²) >= 11 is 0. The topological polar surface area (TPSA) is 58.9 Å². The minimum absolute atomic E-state index is 0.0786. The maximum absolute atomic E-state index is 11.6. The van der Waals surface area contributed by atoms with Crippen molar-refractivity contribution in [1.29, 1.82) is 0 Å². The number of carbonyl (C=O) groups is 2. The van der Waals surface area contributed by atoms with Crippen LogP contribution in [-0.4, -0.2) is 35.6 Å². The van der Waals surface area contributed by atoms with Gasteiger partial charge in [0.15, 0.2) is 0 Å². The smallest absolute Gasteiger partial charge is 0.135 e. The molecule has 0 aliphatic rings. The van der Waals surface area contributed by atoms with E-state index in [0.717, 1.165) is 22.6 Å². The van der Waals surface area contributed by atoms with Crippen molar-refractivity contribution in [2.75, 3.05) is 6.54 Å². The highest BCUT2D eigenvalue weighted by atomic mass is 16.1. The Bertz CT molecular complexity index is 824. The van der Waals surface area contributed by atoms with Crippen molar-refractivity contribution >= 4 is 23.0 Å². The van der Waals surface area contributed by atoms with E-state index < -0.39 is 0 Å². The van der Waals surface area contributed by atoms with Gasteiger partial charge in [-0.2, -0.15) is 0 Å². The van der Waals surface area contributed by atoms with Gasteiger partial charge >= 0.3 is 0 Å². The first-order chi connectivity index (χ1) is 13.0. The molecule has 0 heterocycles. The number of rotatable bonds is 9. The van der Waals surface area contributed by atoms with Crippen LogP contribution in [0, 0.1) is 0 Å². The lowest BCUT2D eigenvalue weighted by atomic mass is 10.0. The predicted molar refractivity (Wildman–Crippen MR) is 111 cm³/mol. The highest BCUT2D eigenvalue weighted by Gasteiger charge is 2.10. The third kappa shape index (κ3) is 7.10. The van der Waals surface area contributed by atoms with Gasteiger partial charge in [0.2, 0.25) is 0 Å². The number of carbonyl (C=O) groups excluding carboxylic acids is 2. The summed E-state index contributed by atoms with van der Waals surface area (Å²) in [6.07, 6.45) is 0.608. The molecule has 0 aliphatic carbocycles. The van der Waals surface area contributed by atoms with Crippen LogP contribution in [0.4, 0.5) is 0 Å². The zero-order valence-corrected chi connectivity index (χ0v) is 16.2. The standard InChI is InChI=1S/C23H26N2O2/c1-17(25-23(15-19(3)27)21-12-8-5-9-13-21)16-24-22(14-18(2)26)20-10-6-4-7-11-20/h4-13,17H,14-16H2,1-3H3. The molecule has 0 fully saturated rings. The van der Waals surface area contributed by atoms with Crippen LogP contribution in [0.1, 0.15) is 44.7 Å². The lowest BCUT2D eigenvalue weighted by molar-refractivity contribution is -0.116. The molecule has 2 aromatic rings. The number of hydrogen-bond acceptors (Lipinski definition) is 4. The van der Waals surface area contributed by atoms with E-state index in [2.05, 4.69) is 4.99 Å². The van der Waals surface area contributed by atoms with Gasteiger partial charge < -0.3 is 0 Å². The summed E-state index contributed by atoms with van der Waals surface area (Å²) in [4.78, 5) is 32.6. The summed E-state index contributed by atoms with van der Waals surface area (Å²) in [6, 6.07) is 19.4. The van der Waals surface area contributed by atoms with E-state index in [1.807, 2.05) is 67.6 Å². The molecule has 0 bridgehead atoms. The Balaban J connectivity index is 2.22. The van der Waals surface area contributed by atoms with Crippen molar-refractivity contribution in [3.8, 4) is 0 Å². The van der Waals surface area contributed by atoms with E-state index in [4.69, 9.17) is 4.99 Å². The van der Waals surface area contributed by atoms with Crippen LogP contribution in [0.15, 0.2) is 70.6 Å². The van der Waals surface area contributed by atoms with E-state index in [1.54, 1.807) is 13.8 Å². The van der Waals surface area contributed by atoms with Crippen molar-refractivity contribution in [1.82, 2.24) is 0 Å². The van der Waals surface area contributed by atoms with Crippen LogP contribution in [-0.2, 0) is 9.59 Å². The number of ketones is 2. The molecule has 0 spiro atoms. The second-order valence-electron chi connectivity index (χ2n) is 6.70. The molecular weight excluding hydrogens is 336 g/mol. The first kappa shape index (κ1) is 20.4. The van der Waals surface area contributed by atoms with Crippen LogP contribution in [0.25, 0.3) is 0 Å². The average molecular weight is 362 g/mol. The lowest BCUT2D eigenvalue weighted by Gasteiger charge is -2.11. The molecule has 0 amide bonds. The van der Waals surface area contributed by atoms with Crippen LogP contribution in [0.5, 0.6) is 0 Å². The Labute approximate surface area is 161 Å². The molecule has 2 aromatic carbocycles. The molecule has 0 aromatic heterocycles. The fourth-order valence-electron chi connectivity index (χ4n) is 2.75. The second-order valence-corrected chi connectivity index (χ2v) is 6.70. The molecule has 4 heteroatoms. The molecule has 1 unspecified atom stereocenters. The minimum Gasteiger partial charge on any atom is -0.300 e. The molecule has 0 radical (unpaired) electrons. The van der Waals surface area contributed by atoms with Crippen molar-refractivity contribution in [3.05, 3.63) is 71.8 Å². The lowest BCUT2D eigenvalue weighted by Crippen LogP contribution is -2.15. The molecule has 0 saturated carbocycles. The van der Waals surface area contributed by atoms with E-state index in [9.17, 15) is 9.59 Å². The number of benzene rings is 2. The van der Waals surface area contributed by atoms with Crippen LogP contribution in [0.3, 0.4) is 0 Å². The predicted octanol–water partition coefficient (Wildman–Crippen LogP) is 4.31. The van der Waals surface area contributed by atoms with Crippen molar-refractivity contribution < 1.29 is 9.59 Å². The van der Waals surface area contributed by atoms with E-state index in [-0.39, 0.29) is 17.6 Å². The first-order valence-corrected chi connectivity index (χ1v) is 9.15. The van der Waals surface area contributed by atoms with Gasteiger partial charge in [-0.1, -0.05) is 60.7 Å². The fourth-order valence-corrected chi connectivity index (χ4v) is 2.75. The van der Waals surface area contributed by atoms with Gasteiger partial charge in [0.25, 0.3) is 0 Å². The zero-order valence-electron chi connectivity index (χ0n) is 16.2. The molecule has 140 valence electrons. The molecule has 0 N–H and O–H groups in total. The molecule has 0 aliphatic heterocycles. The van der Waals surface area contributed by atoms with Gasteiger partial charge in [0, 0.05) is 24.3 Å². The maximum Gasteiger partial charge on any atom is 0.135 e. The molecular formula is C23H26N2O2. The van der Waals surface area contributed by atoms with Crippen LogP contribution >= 0.6 is 0 Å². The Kier molecular flexibility index (Phi) is 7.80. The first-order valence-electron chi connectivity index (χ1n) is 9.15. The second kappa shape index (κ2) is 10.3. The molecule has 1 atom stereocenters. The van der Waals surface area contributed by atoms with Gasteiger partial charge in [-0.15, -0.1) is 0 Å². The Morgan fingerprint density at radius 2 is 1.22 bits per heavy atom. The Morgan fingerprint density at radius 3 is 1.70 bits per heavy atom. The van der Waals surface area contributed by atoms with Gasteiger partial charge in [-0.3, -0.25) is 19.6 Å². The summed E-state index contributed by atoms with van der Waals surface area (Å²) in [5, 5.41) is 0. The summed E-state index contributed by atoms with van der Waals surface area (Å²) < 4.78 is 0. The van der Waals surface area contributed by atoms with Crippen molar-refractivity contribution in [2.45, 2.75) is 39.7 Å². The van der Waals surface area contributed by atoms with Gasteiger partial charge in [-0.05, 0) is 31.9 Å². The minimum atomic E-state index is -0.0924. The van der Waals surface area contributed by atoms with Gasteiger partial charge in [-0.25, -0.2) is 0 Å². The fraction of sp³-hybridized carbons (Fsp3) is 0.304. The highest BCUT2D eigenvalue weighted by Crippen LogP contribution is 2.10. The summed E-state index contributed by atoms with van der Waals surface area (Å²) in [5.74, 6) is 0.158. The molecule has 4 nitrogen and oxygen atoms in total. The molecule has 2 rings (SSSR count). The van der Waals surface area contributed by atoms with Crippen molar-refractivity contribution in [2.24, 2.45) is 9.98 Å². The number of aliphatic imine (C=N–C) groups is 2. The quantitative estimate of drug-likeness (QED) is 0.624. The average Bonchev–Trinajstić information content (AvgIpc) is 2.65. The van der Waals surface area contributed by atoms with E-state index in [0.29, 0.717) is 19.4 Å². The summed E-state index contributed by atoms with van der Waals surface area (Å²) in [6.45, 7) is 5.58. The highest BCUT2D eigenvalue weighted by molar-refractivity contribution is 6.11. The number of nitrogens with zero attached hydrogens (tertiary/aromatic N) is 2. The molecule has 27 heavy (non-hydrogen) atoms. The number of hydrogen-bond donors (Lipinski definition) is 0. The van der Waals surface area contributed by atoms with E-state index >= 15 is 0 Å². The summed E-state index contributed by atoms with van der Waals surface area (Å²) in [5.41, 5.74) is 3.46. The van der Waals surface area contributed by atoms with Gasteiger partial charge in [0.1, 0.15) is 11.6 Å². The third-order valence-electron chi connectivity index (χ3n) is 3.97. The van der Waals surface area contributed by atoms with Crippen molar-refractivity contribution in [3.63, 3.8) is 0 Å².